The van der Waals surface area contributed by atoms with Crippen molar-refractivity contribution in [2.75, 3.05) is 0 Å². The first kappa shape index (κ1) is 7.64. The molecule has 0 saturated heterocycles. The number of nitriles is 1. The van der Waals surface area contributed by atoms with Crippen LogP contribution in [0.3, 0.4) is 0 Å². The van der Waals surface area contributed by atoms with E-state index < -0.39 is 0 Å². The van der Waals surface area contributed by atoms with Crippen molar-refractivity contribution in [3.05, 3.63) is 34.3 Å². The SMILES string of the molecule is N#Cc1cccc(Cl)c1C1CC1. The predicted octanol–water partition coefficient (Wildman–Crippen LogP) is 3.09. The Bertz CT molecular complexity index is 347. The second kappa shape index (κ2) is 2.80. The lowest BCUT2D eigenvalue weighted by Crippen LogP contribution is -1.87. The molecule has 0 aromatic heterocycles. The molecule has 0 aliphatic heterocycles. The van der Waals surface area contributed by atoms with Crippen LogP contribution in [0.25, 0.3) is 0 Å². The van der Waals surface area contributed by atoms with Gasteiger partial charge in [-0.1, -0.05) is 17.7 Å². The van der Waals surface area contributed by atoms with Gasteiger partial charge in [-0.15, -0.1) is 0 Å². The van der Waals surface area contributed by atoms with Crippen LogP contribution in [0.4, 0.5) is 0 Å². The third-order valence-corrected chi connectivity index (χ3v) is 2.49. The topological polar surface area (TPSA) is 23.8 Å². The Hall–Kier alpha value is -1.00. The molecule has 1 aliphatic carbocycles. The molecule has 60 valence electrons. The largest absolute Gasteiger partial charge is 0.192 e. The summed E-state index contributed by atoms with van der Waals surface area (Å²) in [6.45, 7) is 0. The number of halogens is 1. The molecule has 1 aromatic carbocycles. The van der Waals surface area contributed by atoms with Crippen LogP contribution in [-0.4, -0.2) is 0 Å². The molecule has 12 heavy (non-hydrogen) atoms. The minimum atomic E-state index is 0.549. The number of hydrogen-bond acceptors (Lipinski definition) is 1. The van der Waals surface area contributed by atoms with E-state index in [1.54, 1.807) is 0 Å². The predicted molar refractivity (Wildman–Crippen MR) is 48.1 cm³/mol. The highest BCUT2D eigenvalue weighted by atomic mass is 35.5. The summed E-state index contributed by atoms with van der Waals surface area (Å²) in [5, 5.41) is 9.56. The van der Waals surface area contributed by atoms with Gasteiger partial charge in [0.05, 0.1) is 11.6 Å². The smallest absolute Gasteiger partial charge is 0.0995 e. The average molecular weight is 178 g/mol. The van der Waals surface area contributed by atoms with E-state index in [4.69, 9.17) is 16.9 Å². The summed E-state index contributed by atoms with van der Waals surface area (Å²) in [6, 6.07) is 7.69. The maximum absolute atomic E-state index is 8.81. The molecule has 0 N–H and O–H groups in total. The van der Waals surface area contributed by atoms with Crippen molar-refractivity contribution < 1.29 is 0 Å². The van der Waals surface area contributed by atoms with E-state index in [-0.39, 0.29) is 0 Å². The van der Waals surface area contributed by atoms with Gasteiger partial charge in [-0.05, 0) is 36.5 Å². The Labute approximate surface area is 76.6 Å². The average Bonchev–Trinajstić information content (AvgIpc) is 2.87. The van der Waals surface area contributed by atoms with Crippen LogP contribution in [-0.2, 0) is 0 Å². The molecule has 1 saturated carbocycles. The Morgan fingerprint density at radius 1 is 1.42 bits per heavy atom. The van der Waals surface area contributed by atoms with Gasteiger partial charge in [-0.2, -0.15) is 5.26 Å². The third-order valence-electron chi connectivity index (χ3n) is 2.16. The molecule has 0 atom stereocenters. The van der Waals surface area contributed by atoms with Crippen molar-refractivity contribution in [2.45, 2.75) is 18.8 Å². The van der Waals surface area contributed by atoms with Gasteiger partial charge in [0.2, 0.25) is 0 Å². The Morgan fingerprint density at radius 2 is 2.17 bits per heavy atom. The van der Waals surface area contributed by atoms with Crippen molar-refractivity contribution in [1.29, 1.82) is 5.26 Å². The zero-order valence-corrected chi connectivity index (χ0v) is 7.30. The van der Waals surface area contributed by atoms with Gasteiger partial charge in [-0.25, -0.2) is 0 Å². The summed E-state index contributed by atoms with van der Waals surface area (Å²) in [4.78, 5) is 0. The highest BCUT2D eigenvalue weighted by Crippen LogP contribution is 2.44. The molecular weight excluding hydrogens is 170 g/mol. The van der Waals surface area contributed by atoms with Crippen LogP contribution in [0.1, 0.15) is 29.9 Å². The summed E-state index contributed by atoms with van der Waals surface area (Å²) >= 11 is 5.99. The Balaban J connectivity index is 2.54. The lowest BCUT2D eigenvalue weighted by atomic mass is 10.0. The molecule has 0 spiro atoms. The first-order valence-corrected chi connectivity index (χ1v) is 4.39. The maximum atomic E-state index is 8.81. The standard InChI is InChI=1S/C10H8ClN/c11-9-3-1-2-8(6-12)10(9)7-4-5-7/h1-3,7H,4-5H2. The second-order valence-corrected chi connectivity index (χ2v) is 3.49. The van der Waals surface area contributed by atoms with Gasteiger partial charge in [-0.3, -0.25) is 0 Å². The third kappa shape index (κ3) is 1.19. The fourth-order valence-electron chi connectivity index (χ4n) is 1.42. The lowest BCUT2D eigenvalue weighted by molar-refractivity contribution is 1.12. The molecule has 0 heterocycles. The van der Waals surface area contributed by atoms with Crippen molar-refractivity contribution in [1.82, 2.24) is 0 Å². The Morgan fingerprint density at radius 3 is 2.75 bits per heavy atom. The van der Waals surface area contributed by atoms with E-state index in [0.717, 1.165) is 16.1 Å². The zero-order chi connectivity index (χ0) is 8.55. The lowest BCUT2D eigenvalue weighted by Gasteiger charge is -2.02. The zero-order valence-electron chi connectivity index (χ0n) is 6.55. The molecule has 1 nitrogen and oxygen atoms in total. The second-order valence-electron chi connectivity index (χ2n) is 3.09. The fourth-order valence-corrected chi connectivity index (χ4v) is 1.75. The van der Waals surface area contributed by atoms with Crippen molar-refractivity contribution in [2.24, 2.45) is 0 Å². The van der Waals surface area contributed by atoms with Crippen molar-refractivity contribution in [3.63, 3.8) is 0 Å². The minimum absolute atomic E-state index is 0.549. The molecule has 0 unspecified atom stereocenters. The van der Waals surface area contributed by atoms with E-state index in [9.17, 15) is 0 Å². The maximum Gasteiger partial charge on any atom is 0.0995 e. The summed E-state index contributed by atoms with van der Waals surface area (Å²) in [5.41, 5.74) is 1.80. The van der Waals surface area contributed by atoms with Gasteiger partial charge in [0, 0.05) is 5.02 Å². The van der Waals surface area contributed by atoms with Crippen LogP contribution in [0.5, 0.6) is 0 Å². The van der Waals surface area contributed by atoms with E-state index in [0.29, 0.717) is 5.92 Å². The highest BCUT2D eigenvalue weighted by molar-refractivity contribution is 6.31. The van der Waals surface area contributed by atoms with Crippen LogP contribution < -0.4 is 0 Å². The Kier molecular flexibility index (Phi) is 1.78. The van der Waals surface area contributed by atoms with E-state index in [1.165, 1.54) is 12.8 Å². The van der Waals surface area contributed by atoms with Crippen LogP contribution in [0.15, 0.2) is 18.2 Å². The van der Waals surface area contributed by atoms with Crippen LogP contribution in [0.2, 0.25) is 5.02 Å². The molecule has 1 aliphatic rings. The number of rotatable bonds is 1. The van der Waals surface area contributed by atoms with E-state index in [2.05, 4.69) is 6.07 Å². The molecule has 0 radical (unpaired) electrons. The van der Waals surface area contributed by atoms with Crippen molar-refractivity contribution >= 4 is 11.6 Å². The number of hydrogen-bond donors (Lipinski definition) is 0. The quantitative estimate of drug-likeness (QED) is 0.647. The summed E-state index contributed by atoms with van der Waals surface area (Å²) < 4.78 is 0. The normalized spacial score (nSPS) is 15.7. The van der Waals surface area contributed by atoms with Gasteiger partial charge in [0.15, 0.2) is 0 Å². The molecule has 0 bridgehead atoms. The first-order valence-electron chi connectivity index (χ1n) is 4.01. The molecule has 1 aromatic rings. The fraction of sp³-hybridized carbons (Fsp3) is 0.300. The first-order chi connectivity index (χ1) is 5.83. The van der Waals surface area contributed by atoms with Gasteiger partial charge >= 0.3 is 0 Å². The van der Waals surface area contributed by atoms with Crippen molar-refractivity contribution in [3.8, 4) is 6.07 Å². The molecular formula is C10H8ClN. The number of nitrogens with zero attached hydrogens (tertiary/aromatic N) is 1. The summed E-state index contributed by atoms with van der Waals surface area (Å²) in [5.74, 6) is 0.549. The molecule has 1 fully saturated rings. The van der Waals surface area contributed by atoms with Crippen LogP contribution >= 0.6 is 11.6 Å². The molecule has 2 rings (SSSR count). The molecule has 2 heteroatoms. The van der Waals surface area contributed by atoms with Crippen LogP contribution in [0, 0.1) is 11.3 Å². The summed E-state index contributed by atoms with van der Waals surface area (Å²) in [6.07, 6.45) is 2.36. The number of benzene rings is 1. The minimum Gasteiger partial charge on any atom is -0.192 e. The summed E-state index contributed by atoms with van der Waals surface area (Å²) in [7, 11) is 0. The van der Waals surface area contributed by atoms with E-state index >= 15 is 0 Å². The van der Waals surface area contributed by atoms with Gasteiger partial charge in [0.1, 0.15) is 0 Å². The van der Waals surface area contributed by atoms with Gasteiger partial charge in [0.25, 0.3) is 0 Å². The monoisotopic (exact) mass is 177 g/mol. The van der Waals surface area contributed by atoms with E-state index in [1.807, 2.05) is 18.2 Å². The van der Waals surface area contributed by atoms with Gasteiger partial charge < -0.3 is 0 Å². The highest BCUT2D eigenvalue weighted by Gasteiger charge is 2.27. The molecule has 0 amide bonds.